The molecule has 0 aliphatic carbocycles. The van der Waals surface area contributed by atoms with Gasteiger partial charge in [-0.2, -0.15) is 0 Å². The lowest BCUT2D eigenvalue weighted by atomic mass is 10.2. The van der Waals surface area contributed by atoms with Crippen molar-refractivity contribution in [1.29, 1.82) is 0 Å². The molecule has 4 heteroatoms. The normalized spacial score (nSPS) is 10.9. The van der Waals surface area contributed by atoms with Gasteiger partial charge >= 0.3 is 0 Å². The van der Waals surface area contributed by atoms with Crippen LogP contribution in [0, 0.1) is 5.82 Å². The van der Waals surface area contributed by atoms with Gasteiger partial charge in [-0.1, -0.05) is 28.1 Å². The molecule has 0 amide bonds. The first-order valence-corrected chi connectivity index (χ1v) is 6.95. The van der Waals surface area contributed by atoms with Crippen molar-refractivity contribution in [3.05, 3.63) is 70.1 Å². The third kappa shape index (κ3) is 2.39. The summed E-state index contributed by atoms with van der Waals surface area (Å²) in [6, 6.07) is 12.5. The highest BCUT2D eigenvalue weighted by Gasteiger charge is 2.09. The maximum Gasteiger partial charge on any atom is 0.152 e. The summed E-state index contributed by atoms with van der Waals surface area (Å²) in [6.07, 6.45) is 2.53. The number of carbonyl (C=O) groups excluding carboxylic acids is 1. The molecule has 0 aliphatic heterocycles. The Labute approximate surface area is 124 Å². The molecule has 0 bridgehead atoms. The van der Waals surface area contributed by atoms with Crippen LogP contribution in [-0.4, -0.2) is 10.9 Å². The van der Waals surface area contributed by atoms with Gasteiger partial charge in [-0.25, -0.2) is 4.39 Å². The summed E-state index contributed by atoms with van der Waals surface area (Å²) in [7, 11) is 0. The zero-order chi connectivity index (χ0) is 14.1. The highest BCUT2D eigenvalue weighted by molar-refractivity contribution is 9.10. The second-order valence-electron chi connectivity index (χ2n) is 4.62. The summed E-state index contributed by atoms with van der Waals surface area (Å²) < 4.78 is 16.3. The van der Waals surface area contributed by atoms with Crippen LogP contribution < -0.4 is 0 Å². The number of benzene rings is 2. The van der Waals surface area contributed by atoms with Crippen LogP contribution in [0.25, 0.3) is 10.9 Å². The molecule has 0 atom stereocenters. The lowest BCUT2D eigenvalue weighted by molar-refractivity contribution is 0.112. The number of rotatable bonds is 3. The molecule has 0 aliphatic rings. The van der Waals surface area contributed by atoms with Crippen LogP contribution in [0.15, 0.2) is 53.1 Å². The van der Waals surface area contributed by atoms with Crippen LogP contribution in [0.2, 0.25) is 0 Å². The molecule has 0 fully saturated rings. The summed E-state index contributed by atoms with van der Waals surface area (Å²) in [5.74, 6) is -0.331. The minimum atomic E-state index is -0.331. The monoisotopic (exact) mass is 331 g/mol. The molecule has 0 unspecified atom stereocenters. The Kier molecular flexibility index (Phi) is 3.40. The van der Waals surface area contributed by atoms with E-state index in [0.717, 1.165) is 21.8 Å². The highest BCUT2D eigenvalue weighted by atomic mass is 79.9. The number of aldehydes is 1. The Morgan fingerprint density at radius 3 is 2.60 bits per heavy atom. The van der Waals surface area contributed by atoms with E-state index in [1.165, 1.54) is 12.1 Å². The quantitative estimate of drug-likeness (QED) is 0.652. The number of hydrogen-bond donors (Lipinski definition) is 0. The van der Waals surface area contributed by atoms with E-state index in [1.807, 2.05) is 28.8 Å². The Balaban J connectivity index is 2.07. The third-order valence-corrected chi connectivity index (χ3v) is 3.80. The second kappa shape index (κ2) is 5.21. The van der Waals surface area contributed by atoms with Crippen molar-refractivity contribution >= 4 is 33.1 Å². The number of halogens is 2. The summed E-state index contributed by atoms with van der Waals surface area (Å²) in [4.78, 5) is 11.1. The Bertz CT molecular complexity index is 777. The second-order valence-corrected chi connectivity index (χ2v) is 5.53. The van der Waals surface area contributed by atoms with E-state index < -0.39 is 0 Å². The van der Waals surface area contributed by atoms with Gasteiger partial charge < -0.3 is 4.57 Å². The van der Waals surface area contributed by atoms with Crippen molar-refractivity contribution in [3.8, 4) is 0 Å². The van der Waals surface area contributed by atoms with Crippen LogP contribution in [0.5, 0.6) is 0 Å². The molecule has 100 valence electrons. The molecule has 1 heterocycles. The van der Waals surface area contributed by atoms with Crippen molar-refractivity contribution in [3.63, 3.8) is 0 Å². The number of nitrogens with zero attached hydrogens (tertiary/aromatic N) is 1. The van der Waals surface area contributed by atoms with Crippen molar-refractivity contribution in [2.75, 3.05) is 0 Å². The number of fused-ring (bicyclic) bond motifs is 1. The molecule has 0 saturated heterocycles. The number of carbonyl (C=O) groups is 1. The lowest BCUT2D eigenvalue weighted by Gasteiger charge is -2.05. The molecular formula is C16H11BrFNO. The number of aromatic nitrogens is 1. The van der Waals surface area contributed by atoms with E-state index >= 15 is 0 Å². The largest absolute Gasteiger partial charge is 0.342 e. The van der Waals surface area contributed by atoms with Gasteiger partial charge in [0.2, 0.25) is 0 Å². The van der Waals surface area contributed by atoms with Gasteiger partial charge in [0.1, 0.15) is 5.82 Å². The zero-order valence-electron chi connectivity index (χ0n) is 10.5. The van der Waals surface area contributed by atoms with Crippen molar-refractivity contribution in [1.82, 2.24) is 4.57 Å². The first-order chi connectivity index (χ1) is 9.67. The fourth-order valence-electron chi connectivity index (χ4n) is 2.31. The van der Waals surface area contributed by atoms with Crippen molar-refractivity contribution in [2.45, 2.75) is 6.54 Å². The molecule has 3 aromatic rings. The average Bonchev–Trinajstić information content (AvgIpc) is 2.78. The fraction of sp³-hybridized carbons (Fsp3) is 0.0625. The van der Waals surface area contributed by atoms with E-state index in [9.17, 15) is 9.18 Å². The van der Waals surface area contributed by atoms with E-state index in [4.69, 9.17) is 0 Å². The van der Waals surface area contributed by atoms with Crippen molar-refractivity contribution < 1.29 is 9.18 Å². The first kappa shape index (κ1) is 13.1. The molecular weight excluding hydrogens is 321 g/mol. The zero-order valence-corrected chi connectivity index (χ0v) is 12.1. The molecule has 0 N–H and O–H groups in total. The Hall–Kier alpha value is -1.94. The van der Waals surface area contributed by atoms with Gasteiger partial charge in [-0.15, -0.1) is 0 Å². The Morgan fingerprint density at radius 2 is 1.90 bits per heavy atom. The maximum atomic E-state index is 13.3. The molecule has 1 aromatic heterocycles. The minimum Gasteiger partial charge on any atom is -0.342 e. The smallest absolute Gasteiger partial charge is 0.152 e. The van der Waals surface area contributed by atoms with Gasteiger partial charge in [0.15, 0.2) is 6.29 Å². The van der Waals surface area contributed by atoms with Gasteiger partial charge in [0, 0.05) is 33.7 Å². The highest BCUT2D eigenvalue weighted by Crippen LogP contribution is 2.23. The minimum absolute atomic E-state index is 0.331. The van der Waals surface area contributed by atoms with Gasteiger partial charge in [-0.05, 0) is 35.9 Å². The predicted molar refractivity (Wildman–Crippen MR) is 80.5 cm³/mol. The van der Waals surface area contributed by atoms with Crippen LogP contribution >= 0.6 is 15.9 Å². The van der Waals surface area contributed by atoms with Crippen LogP contribution in [0.1, 0.15) is 15.9 Å². The fourth-order valence-corrected chi connectivity index (χ4v) is 2.57. The molecule has 20 heavy (non-hydrogen) atoms. The molecule has 0 saturated carbocycles. The Morgan fingerprint density at radius 1 is 1.15 bits per heavy atom. The molecule has 0 radical (unpaired) electrons. The van der Waals surface area contributed by atoms with Crippen LogP contribution in [-0.2, 0) is 6.54 Å². The van der Waals surface area contributed by atoms with E-state index in [-0.39, 0.29) is 5.82 Å². The predicted octanol–water partition coefficient (Wildman–Crippen LogP) is 4.40. The summed E-state index contributed by atoms with van der Waals surface area (Å²) in [6.45, 7) is 0.642. The molecule has 2 nitrogen and oxygen atoms in total. The number of hydrogen-bond acceptors (Lipinski definition) is 1. The summed E-state index contributed by atoms with van der Waals surface area (Å²) in [5, 5.41) is 0.650. The van der Waals surface area contributed by atoms with Crippen LogP contribution in [0.3, 0.4) is 0 Å². The summed E-state index contributed by atoms with van der Waals surface area (Å²) >= 11 is 3.40. The third-order valence-electron chi connectivity index (χ3n) is 3.27. The lowest BCUT2D eigenvalue weighted by Crippen LogP contribution is -1.97. The van der Waals surface area contributed by atoms with Gasteiger partial charge in [-0.3, -0.25) is 4.79 Å². The average molecular weight is 332 g/mol. The maximum absolute atomic E-state index is 13.3. The molecule has 0 spiro atoms. The van der Waals surface area contributed by atoms with Crippen molar-refractivity contribution in [2.24, 2.45) is 0 Å². The van der Waals surface area contributed by atoms with Crippen LogP contribution in [0.4, 0.5) is 4.39 Å². The van der Waals surface area contributed by atoms with E-state index in [0.29, 0.717) is 17.5 Å². The molecule has 3 rings (SSSR count). The SMILES string of the molecule is O=Cc1cn(Cc2ccc(Br)cc2)c2ccc(F)cc12. The topological polar surface area (TPSA) is 22.0 Å². The van der Waals surface area contributed by atoms with E-state index in [1.54, 1.807) is 12.3 Å². The van der Waals surface area contributed by atoms with Gasteiger partial charge in [0.05, 0.1) is 0 Å². The van der Waals surface area contributed by atoms with Gasteiger partial charge in [0.25, 0.3) is 0 Å². The molecule has 2 aromatic carbocycles. The first-order valence-electron chi connectivity index (χ1n) is 6.15. The summed E-state index contributed by atoms with van der Waals surface area (Å²) in [5.41, 5.74) is 2.49. The standard InChI is InChI=1S/C16H11BrFNO/c17-13-3-1-11(2-4-13)8-19-9-12(10-20)15-7-14(18)5-6-16(15)19/h1-7,9-10H,8H2. The van der Waals surface area contributed by atoms with E-state index in [2.05, 4.69) is 15.9 Å².